The molecule has 0 aliphatic heterocycles. The highest BCUT2D eigenvalue weighted by atomic mass is 32.2. The van der Waals surface area contributed by atoms with Crippen LogP contribution in [0, 0.1) is 6.92 Å². The van der Waals surface area contributed by atoms with Crippen molar-refractivity contribution in [1.29, 1.82) is 0 Å². The molecule has 0 saturated carbocycles. The molecule has 1 heterocycles. The van der Waals surface area contributed by atoms with Crippen LogP contribution in [0.2, 0.25) is 0 Å². The van der Waals surface area contributed by atoms with Crippen molar-refractivity contribution in [2.45, 2.75) is 31.2 Å². The third-order valence-electron chi connectivity index (χ3n) is 4.60. The minimum absolute atomic E-state index is 0.0590. The molecule has 0 radical (unpaired) electrons. The van der Waals surface area contributed by atoms with E-state index >= 15 is 0 Å². The molecule has 0 spiro atoms. The Morgan fingerprint density at radius 3 is 2.82 bits per heavy atom. The third kappa shape index (κ3) is 3.86. The van der Waals surface area contributed by atoms with Gasteiger partial charge in [-0.25, -0.2) is 14.9 Å². The molecular formula is C18H21N5O4S. The summed E-state index contributed by atoms with van der Waals surface area (Å²) in [4.78, 5) is 35.9. The lowest BCUT2D eigenvalue weighted by atomic mass is 9.86. The van der Waals surface area contributed by atoms with Crippen LogP contribution in [0.5, 0.6) is 5.75 Å². The molecule has 1 aromatic carbocycles. The molecule has 1 aromatic heterocycles. The Balaban J connectivity index is 1.72. The number of aromatic nitrogens is 3. The van der Waals surface area contributed by atoms with Crippen molar-refractivity contribution < 1.29 is 9.90 Å². The summed E-state index contributed by atoms with van der Waals surface area (Å²) in [6.07, 6.45) is 2.40. The summed E-state index contributed by atoms with van der Waals surface area (Å²) in [7, 11) is 2.80. The van der Waals surface area contributed by atoms with E-state index in [-0.39, 0.29) is 16.5 Å². The first-order valence-electron chi connectivity index (χ1n) is 8.74. The molecule has 0 saturated heterocycles. The van der Waals surface area contributed by atoms with Crippen LogP contribution in [-0.2, 0) is 25.3 Å². The quantitative estimate of drug-likeness (QED) is 0.565. The van der Waals surface area contributed by atoms with Gasteiger partial charge in [-0.2, -0.15) is 10.2 Å². The minimum Gasteiger partial charge on any atom is -0.507 e. The fourth-order valence-electron chi connectivity index (χ4n) is 3.11. The van der Waals surface area contributed by atoms with Gasteiger partial charge >= 0.3 is 5.69 Å². The van der Waals surface area contributed by atoms with Gasteiger partial charge in [-0.3, -0.25) is 14.2 Å². The topological polar surface area (TPSA) is 119 Å². The summed E-state index contributed by atoms with van der Waals surface area (Å²) in [6, 6.07) is 3.50. The molecule has 0 atom stereocenters. The van der Waals surface area contributed by atoms with Crippen LogP contribution in [0.4, 0.5) is 0 Å². The summed E-state index contributed by atoms with van der Waals surface area (Å²) >= 11 is 0.935. The zero-order chi connectivity index (χ0) is 20.4. The van der Waals surface area contributed by atoms with E-state index in [1.807, 2.05) is 13.0 Å². The number of rotatable bonds is 4. The largest absolute Gasteiger partial charge is 0.507 e. The van der Waals surface area contributed by atoms with Crippen molar-refractivity contribution in [3.8, 4) is 5.75 Å². The monoisotopic (exact) mass is 403 g/mol. The first kappa shape index (κ1) is 19.9. The predicted octanol–water partition coefficient (Wildman–Crippen LogP) is 0.442. The Morgan fingerprint density at radius 2 is 2.07 bits per heavy atom. The van der Waals surface area contributed by atoms with E-state index in [0.717, 1.165) is 45.0 Å². The standard InChI is InChI=1S/C18H21N5O4S/c1-10-7-8-13(24)15-11(10)5-4-6-12(15)19-20-14(25)9-28-16-17(26)22(2)18(27)23(3)21-16/h7-8,24H,4-6,9H2,1-3H3,(H,20,25)/b19-12+. The van der Waals surface area contributed by atoms with Crippen molar-refractivity contribution in [2.75, 3.05) is 5.75 Å². The molecule has 2 N–H and O–H groups in total. The summed E-state index contributed by atoms with van der Waals surface area (Å²) in [5.41, 5.74) is 4.86. The van der Waals surface area contributed by atoms with Crippen molar-refractivity contribution in [3.63, 3.8) is 0 Å². The first-order chi connectivity index (χ1) is 13.3. The van der Waals surface area contributed by atoms with Gasteiger partial charge in [0, 0.05) is 19.7 Å². The number of nitrogens with one attached hydrogen (secondary N) is 1. The van der Waals surface area contributed by atoms with Crippen molar-refractivity contribution >= 4 is 23.4 Å². The number of hydrogen-bond acceptors (Lipinski definition) is 7. The molecule has 1 aliphatic carbocycles. The number of phenols is 1. The zero-order valence-corrected chi connectivity index (χ0v) is 16.7. The van der Waals surface area contributed by atoms with Crippen molar-refractivity contribution in [1.82, 2.24) is 19.8 Å². The maximum atomic E-state index is 12.2. The molecule has 1 aliphatic rings. The van der Waals surface area contributed by atoms with Crippen LogP contribution in [0.3, 0.4) is 0 Å². The van der Waals surface area contributed by atoms with E-state index in [1.54, 1.807) is 6.07 Å². The molecule has 3 rings (SSSR count). The number of amides is 1. The highest BCUT2D eigenvalue weighted by Crippen LogP contribution is 2.31. The van der Waals surface area contributed by atoms with E-state index in [2.05, 4.69) is 15.6 Å². The molecule has 148 valence electrons. The van der Waals surface area contributed by atoms with Gasteiger partial charge in [-0.1, -0.05) is 17.8 Å². The zero-order valence-electron chi connectivity index (χ0n) is 15.9. The van der Waals surface area contributed by atoms with E-state index < -0.39 is 17.2 Å². The van der Waals surface area contributed by atoms with Crippen LogP contribution >= 0.6 is 11.8 Å². The van der Waals surface area contributed by atoms with E-state index in [4.69, 9.17) is 0 Å². The number of aromatic hydroxyl groups is 1. The highest BCUT2D eigenvalue weighted by molar-refractivity contribution is 7.99. The number of carbonyl (C=O) groups is 1. The number of thioether (sulfide) groups is 1. The lowest BCUT2D eigenvalue weighted by Gasteiger charge is -2.21. The number of fused-ring (bicyclic) bond motifs is 1. The SMILES string of the molecule is Cc1ccc(O)c2c1CCC/C2=N\NC(=O)CSc1nn(C)c(=O)n(C)c1=O. The normalized spacial score (nSPS) is 14.8. The number of hydrogen-bond donors (Lipinski definition) is 2. The van der Waals surface area contributed by atoms with Gasteiger partial charge in [0.25, 0.3) is 5.56 Å². The summed E-state index contributed by atoms with van der Waals surface area (Å²) in [6.45, 7) is 1.98. The Hall–Kier alpha value is -2.88. The predicted molar refractivity (Wildman–Crippen MR) is 106 cm³/mol. The minimum atomic E-state index is -0.547. The molecular weight excluding hydrogens is 382 g/mol. The first-order valence-corrected chi connectivity index (χ1v) is 9.72. The second-order valence-electron chi connectivity index (χ2n) is 6.57. The number of aryl methyl sites for hydroxylation is 2. The van der Waals surface area contributed by atoms with Gasteiger partial charge in [-0.15, -0.1) is 0 Å². The van der Waals surface area contributed by atoms with E-state index in [9.17, 15) is 19.5 Å². The van der Waals surface area contributed by atoms with Crippen molar-refractivity contribution in [3.05, 3.63) is 49.7 Å². The number of nitrogens with zero attached hydrogens (tertiary/aromatic N) is 4. The molecule has 0 unspecified atom stereocenters. The van der Waals surface area contributed by atoms with Gasteiger partial charge in [0.15, 0.2) is 5.03 Å². The number of carbonyl (C=O) groups excluding carboxylic acids is 1. The Kier molecular flexibility index (Phi) is 5.68. The molecule has 2 aromatic rings. The molecule has 10 heteroatoms. The Labute approximate surface area is 165 Å². The van der Waals surface area contributed by atoms with Gasteiger partial charge in [0.05, 0.1) is 11.5 Å². The Morgan fingerprint density at radius 1 is 1.32 bits per heavy atom. The summed E-state index contributed by atoms with van der Waals surface area (Å²) in [5.74, 6) is -0.334. The lowest BCUT2D eigenvalue weighted by Crippen LogP contribution is -2.39. The lowest BCUT2D eigenvalue weighted by molar-refractivity contribution is -0.118. The van der Waals surface area contributed by atoms with Gasteiger partial charge in [0.1, 0.15) is 5.75 Å². The van der Waals surface area contributed by atoms with Gasteiger partial charge < -0.3 is 5.11 Å². The fraction of sp³-hybridized carbons (Fsp3) is 0.389. The number of phenolic OH excluding ortho intramolecular Hbond substituents is 1. The Bertz CT molecular complexity index is 1090. The van der Waals surface area contributed by atoms with E-state index in [1.165, 1.54) is 14.1 Å². The van der Waals surface area contributed by atoms with Crippen LogP contribution < -0.4 is 16.7 Å². The maximum absolute atomic E-state index is 12.2. The van der Waals surface area contributed by atoms with Crippen LogP contribution in [0.25, 0.3) is 0 Å². The second kappa shape index (κ2) is 8.01. The van der Waals surface area contributed by atoms with Crippen LogP contribution in [0.15, 0.2) is 31.8 Å². The fourth-order valence-corrected chi connectivity index (χ4v) is 3.88. The van der Waals surface area contributed by atoms with Crippen LogP contribution in [0.1, 0.15) is 29.5 Å². The summed E-state index contributed by atoms with van der Waals surface area (Å²) < 4.78 is 1.99. The molecule has 9 nitrogen and oxygen atoms in total. The average molecular weight is 403 g/mol. The molecule has 28 heavy (non-hydrogen) atoms. The number of benzene rings is 1. The molecule has 0 fully saturated rings. The van der Waals surface area contributed by atoms with Gasteiger partial charge in [-0.05, 0) is 43.4 Å². The van der Waals surface area contributed by atoms with Gasteiger partial charge in [0.2, 0.25) is 5.91 Å². The third-order valence-corrected chi connectivity index (χ3v) is 5.54. The van der Waals surface area contributed by atoms with Crippen molar-refractivity contribution in [2.24, 2.45) is 19.2 Å². The number of hydrazone groups is 1. The smallest absolute Gasteiger partial charge is 0.346 e. The average Bonchev–Trinajstić information content (AvgIpc) is 2.69. The van der Waals surface area contributed by atoms with Crippen LogP contribution in [-0.4, -0.2) is 36.8 Å². The molecule has 0 bridgehead atoms. The van der Waals surface area contributed by atoms with E-state index in [0.29, 0.717) is 17.7 Å². The maximum Gasteiger partial charge on any atom is 0.346 e. The summed E-state index contributed by atoms with van der Waals surface area (Å²) in [5, 5.41) is 18.3. The molecule has 1 amide bonds. The highest BCUT2D eigenvalue weighted by Gasteiger charge is 2.21. The second-order valence-corrected chi connectivity index (χ2v) is 7.53.